The molecule has 0 spiro atoms. The molecule has 4 heterocycles. The molecule has 0 saturated carbocycles. The van der Waals surface area contributed by atoms with Crippen LogP contribution in [-0.2, 0) is 21.5 Å². The third-order valence-electron chi connectivity index (χ3n) is 7.73. The molecule has 2 aliphatic heterocycles. The number of methoxy groups -OCH3 is 1. The molecule has 0 unspecified atom stereocenters. The van der Waals surface area contributed by atoms with Gasteiger partial charge in [-0.3, -0.25) is 9.69 Å². The highest BCUT2D eigenvalue weighted by Gasteiger charge is 2.36. The van der Waals surface area contributed by atoms with Crippen molar-refractivity contribution in [2.24, 2.45) is 5.92 Å². The van der Waals surface area contributed by atoms with E-state index in [2.05, 4.69) is 26.6 Å². The summed E-state index contributed by atoms with van der Waals surface area (Å²) in [5.74, 6) is 1.48. The summed E-state index contributed by atoms with van der Waals surface area (Å²) < 4.78 is 6.76. The Morgan fingerprint density at radius 2 is 2.13 bits per heavy atom. The van der Waals surface area contributed by atoms with Gasteiger partial charge in [0.05, 0.1) is 42.9 Å². The number of fused-ring (bicyclic) bond motifs is 1. The molecule has 11 heteroatoms. The third kappa shape index (κ3) is 5.57. The maximum absolute atomic E-state index is 11.6. The summed E-state index contributed by atoms with van der Waals surface area (Å²) in [5.41, 5.74) is 4.12. The van der Waals surface area contributed by atoms with Crippen LogP contribution in [0.4, 0.5) is 17.5 Å². The number of aryl methyl sites for hydroxylation is 1. The molecule has 3 aromatic rings. The Morgan fingerprint density at radius 3 is 2.85 bits per heavy atom. The Bertz CT molecular complexity index is 1410. The second-order valence-electron chi connectivity index (χ2n) is 10.7. The number of aromatic nitrogens is 4. The van der Waals surface area contributed by atoms with Gasteiger partial charge < -0.3 is 20.5 Å². The summed E-state index contributed by atoms with van der Waals surface area (Å²) in [6.45, 7) is 7.28. The van der Waals surface area contributed by atoms with Gasteiger partial charge >= 0.3 is 5.97 Å². The number of aliphatic hydroxyl groups excluding tert-OH is 1. The lowest BCUT2D eigenvalue weighted by molar-refractivity contribution is -0.142. The summed E-state index contributed by atoms with van der Waals surface area (Å²) in [5, 5.41) is 31.1. The van der Waals surface area contributed by atoms with Crippen LogP contribution in [0.25, 0.3) is 11.3 Å². The molecule has 1 saturated heterocycles. The Balaban J connectivity index is 1.33. The summed E-state index contributed by atoms with van der Waals surface area (Å²) in [6.07, 6.45) is 3.64. The van der Waals surface area contributed by atoms with Crippen LogP contribution in [0.2, 0.25) is 0 Å². The molecule has 204 valence electrons. The maximum atomic E-state index is 11.6. The Morgan fingerprint density at radius 1 is 1.33 bits per heavy atom. The number of carbonyl (C=O) groups excluding carboxylic acids is 1. The number of piperidine rings is 1. The maximum Gasteiger partial charge on any atom is 0.319 e. The number of nitrogens with zero attached hydrogens (tertiary/aromatic N) is 6. The van der Waals surface area contributed by atoms with Crippen LogP contribution in [0.5, 0.6) is 0 Å². The number of nitriles is 1. The number of benzene rings is 1. The van der Waals surface area contributed by atoms with Gasteiger partial charge in [-0.1, -0.05) is 6.92 Å². The van der Waals surface area contributed by atoms with E-state index < -0.39 is 5.41 Å². The molecule has 0 amide bonds. The van der Waals surface area contributed by atoms with Crippen LogP contribution in [0.15, 0.2) is 30.5 Å². The Labute approximate surface area is 227 Å². The highest BCUT2D eigenvalue weighted by atomic mass is 16.5. The van der Waals surface area contributed by atoms with E-state index in [-0.39, 0.29) is 12.6 Å². The average Bonchev–Trinajstić information content (AvgIpc) is 3.47. The van der Waals surface area contributed by atoms with Gasteiger partial charge in [0.25, 0.3) is 0 Å². The van der Waals surface area contributed by atoms with E-state index in [1.807, 2.05) is 42.8 Å². The number of hydrogen-bond donors (Lipinski definition) is 3. The molecule has 3 N–H and O–H groups in total. The lowest BCUT2D eigenvalue weighted by Gasteiger charge is -2.31. The van der Waals surface area contributed by atoms with Crippen molar-refractivity contribution in [2.45, 2.75) is 38.6 Å². The van der Waals surface area contributed by atoms with E-state index >= 15 is 0 Å². The van der Waals surface area contributed by atoms with Crippen LogP contribution >= 0.6 is 0 Å². The SMILES string of the molecule is COC(=O)CN1CCC(Cn2nc(C)cc2Nc2nccc(-c3cc(C#N)c4c(c3)[C@@](C)(CO)CN4)n2)CC1. The Kier molecular flexibility index (Phi) is 7.50. The number of likely N-dealkylation sites (tertiary alicyclic amines) is 1. The predicted molar refractivity (Wildman–Crippen MR) is 147 cm³/mol. The van der Waals surface area contributed by atoms with Crippen molar-refractivity contribution in [2.75, 3.05) is 50.5 Å². The molecule has 5 rings (SSSR count). The van der Waals surface area contributed by atoms with Crippen LogP contribution in [0.1, 0.15) is 36.6 Å². The van der Waals surface area contributed by atoms with Crippen LogP contribution in [0.3, 0.4) is 0 Å². The quantitative estimate of drug-likeness (QED) is 0.372. The number of rotatable bonds is 8. The van der Waals surface area contributed by atoms with Gasteiger partial charge in [-0.05, 0) is 62.5 Å². The number of ether oxygens (including phenoxy) is 1. The molecule has 1 aromatic carbocycles. The van der Waals surface area contributed by atoms with Crippen molar-refractivity contribution in [3.8, 4) is 17.3 Å². The van der Waals surface area contributed by atoms with Gasteiger partial charge in [0, 0.05) is 36.3 Å². The molecule has 2 aromatic heterocycles. The number of hydrogen-bond acceptors (Lipinski definition) is 10. The van der Waals surface area contributed by atoms with Crippen LogP contribution in [-0.4, -0.2) is 75.6 Å². The van der Waals surface area contributed by atoms with Crippen molar-refractivity contribution in [3.05, 3.63) is 47.3 Å². The summed E-state index contributed by atoms with van der Waals surface area (Å²) in [7, 11) is 1.42. The molecule has 1 fully saturated rings. The molecule has 1 atom stereocenters. The highest BCUT2D eigenvalue weighted by Crippen LogP contribution is 2.41. The highest BCUT2D eigenvalue weighted by molar-refractivity contribution is 5.76. The second-order valence-corrected chi connectivity index (χ2v) is 10.7. The van der Waals surface area contributed by atoms with Crippen LogP contribution < -0.4 is 10.6 Å². The van der Waals surface area contributed by atoms with Crippen molar-refractivity contribution >= 4 is 23.4 Å². The third-order valence-corrected chi connectivity index (χ3v) is 7.73. The molecule has 0 radical (unpaired) electrons. The van der Waals surface area contributed by atoms with Gasteiger partial charge in [-0.15, -0.1) is 0 Å². The molecule has 0 aliphatic carbocycles. The zero-order chi connectivity index (χ0) is 27.6. The minimum atomic E-state index is -0.468. The van der Waals surface area contributed by atoms with Crippen molar-refractivity contribution in [1.29, 1.82) is 5.26 Å². The minimum absolute atomic E-state index is 0.0223. The van der Waals surface area contributed by atoms with E-state index in [1.54, 1.807) is 6.20 Å². The van der Waals surface area contributed by atoms with Crippen molar-refractivity contribution < 1.29 is 14.6 Å². The first kappa shape index (κ1) is 26.6. The van der Waals surface area contributed by atoms with E-state index in [0.29, 0.717) is 36.2 Å². The minimum Gasteiger partial charge on any atom is -0.468 e. The number of carbonyl (C=O) groups is 1. The fraction of sp³-hybridized carbons (Fsp3) is 0.464. The largest absolute Gasteiger partial charge is 0.468 e. The van der Waals surface area contributed by atoms with Crippen LogP contribution in [0, 0.1) is 24.2 Å². The van der Waals surface area contributed by atoms with Gasteiger partial charge in [0.2, 0.25) is 5.95 Å². The normalized spacial score (nSPS) is 19.3. The monoisotopic (exact) mass is 530 g/mol. The van der Waals surface area contributed by atoms with Gasteiger partial charge in [-0.25, -0.2) is 14.6 Å². The van der Waals surface area contributed by atoms with Crippen molar-refractivity contribution in [3.63, 3.8) is 0 Å². The molecule has 2 aliphatic rings. The molecular formula is C28H34N8O3. The molecule has 39 heavy (non-hydrogen) atoms. The molecule has 11 nitrogen and oxygen atoms in total. The average molecular weight is 531 g/mol. The van der Waals surface area contributed by atoms with E-state index in [1.165, 1.54) is 7.11 Å². The predicted octanol–water partition coefficient (Wildman–Crippen LogP) is 2.82. The molecular weight excluding hydrogens is 496 g/mol. The first-order valence-corrected chi connectivity index (χ1v) is 13.2. The summed E-state index contributed by atoms with van der Waals surface area (Å²) >= 11 is 0. The topological polar surface area (TPSA) is 141 Å². The van der Waals surface area contributed by atoms with Gasteiger partial charge in [0.1, 0.15) is 11.9 Å². The second kappa shape index (κ2) is 11.0. The molecule has 0 bridgehead atoms. The standard InChI is InChI=1S/C28H34N8O3/c1-18-10-24(36(34-18)14-19-5-8-35(9-6-19)15-25(38)39-3)33-27-30-7-4-23(32-27)20-11-21(13-29)26-22(12-20)28(2,17-37)16-31-26/h4,7,10-12,19,31,37H,5-6,8-9,14-17H2,1-3H3,(H,30,32,33)/t28-/m1/s1. The lowest BCUT2D eigenvalue weighted by atomic mass is 9.83. The van der Waals surface area contributed by atoms with Crippen molar-refractivity contribution in [1.82, 2.24) is 24.6 Å². The Hall–Kier alpha value is -4.01. The summed E-state index contributed by atoms with van der Waals surface area (Å²) in [6, 6.07) is 9.89. The number of nitrogens with one attached hydrogen (secondary N) is 2. The number of anilines is 3. The zero-order valence-corrected chi connectivity index (χ0v) is 22.6. The summed E-state index contributed by atoms with van der Waals surface area (Å²) in [4.78, 5) is 22.9. The van der Waals surface area contributed by atoms with Gasteiger partial charge in [-0.2, -0.15) is 10.4 Å². The fourth-order valence-electron chi connectivity index (χ4n) is 5.36. The van der Waals surface area contributed by atoms with E-state index in [9.17, 15) is 15.2 Å². The first-order valence-electron chi connectivity index (χ1n) is 13.2. The van der Waals surface area contributed by atoms with Gasteiger partial charge in [0.15, 0.2) is 0 Å². The number of esters is 1. The van der Waals surface area contributed by atoms with E-state index in [4.69, 9.17) is 14.8 Å². The first-order chi connectivity index (χ1) is 18.8. The zero-order valence-electron chi connectivity index (χ0n) is 22.6. The van der Waals surface area contributed by atoms with E-state index in [0.717, 1.165) is 60.8 Å². The fourth-order valence-corrected chi connectivity index (χ4v) is 5.36. The number of aliphatic hydroxyl groups is 1. The lowest BCUT2D eigenvalue weighted by Crippen LogP contribution is -2.38. The smallest absolute Gasteiger partial charge is 0.319 e.